The van der Waals surface area contributed by atoms with Gasteiger partial charge in [0.05, 0.1) is 12.8 Å². The Hall–Kier alpha value is -1.22. The van der Waals surface area contributed by atoms with Crippen molar-refractivity contribution in [2.45, 2.75) is 19.8 Å². The highest BCUT2D eigenvalue weighted by Crippen LogP contribution is 2.33. The van der Waals surface area contributed by atoms with E-state index in [9.17, 15) is 0 Å². The summed E-state index contributed by atoms with van der Waals surface area (Å²) in [6, 6.07) is 8.28. The molecule has 1 aromatic rings. The summed E-state index contributed by atoms with van der Waals surface area (Å²) in [5.41, 5.74) is 6.93. The fraction of sp³-hybridized carbons (Fsp3) is 0.600. The van der Waals surface area contributed by atoms with E-state index < -0.39 is 0 Å². The van der Waals surface area contributed by atoms with Crippen LogP contribution in [0.25, 0.3) is 0 Å². The van der Waals surface area contributed by atoms with Gasteiger partial charge in [0.1, 0.15) is 5.75 Å². The van der Waals surface area contributed by atoms with Crippen molar-refractivity contribution in [3.63, 3.8) is 0 Å². The number of rotatable bonds is 5. The average molecular weight is 248 g/mol. The molecule has 100 valence electrons. The van der Waals surface area contributed by atoms with Crippen LogP contribution in [0.4, 0.5) is 5.69 Å². The number of methoxy groups -OCH3 is 1. The molecule has 0 aromatic heterocycles. The third-order valence-electron chi connectivity index (χ3n) is 3.85. The van der Waals surface area contributed by atoms with Crippen LogP contribution in [0.1, 0.15) is 19.8 Å². The fourth-order valence-corrected chi connectivity index (χ4v) is 2.80. The van der Waals surface area contributed by atoms with Gasteiger partial charge in [-0.2, -0.15) is 0 Å². The third kappa shape index (κ3) is 2.96. The van der Waals surface area contributed by atoms with Crippen LogP contribution >= 0.6 is 0 Å². The van der Waals surface area contributed by atoms with Gasteiger partial charge in [-0.1, -0.05) is 19.1 Å². The molecular weight excluding hydrogens is 224 g/mol. The quantitative estimate of drug-likeness (QED) is 0.870. The van der Waals surface area contributed by atoms with E-state index in [-0.39, 0.29) is 0 Å². The maximum absolute atomic E-state index is 5.71. The molecule has 3 heteroatoms. The summed E-state index contributed by atoms with van der Waals surface area (Å²) >= 11 is 0. The summed E-state index contributed by atoms with van der Waals surface area (Å²) in [5, 5.41) is 0. The molecule has 2 rings (SSSR count). The van der Waals surface area contributed by atoms with Crippen molar-refractivity contribution in [2.24, 2.45) is 17.6 Å². The van der Waals surface area contributed by atoms with E-state index in [0.717, 1.165) is 31.3 Å². The molecule has 0 spiro atoms. The molecule has 2 atom stereocenters. The first-order chi connectivity index (χ1) is 8.74. The van der Waals surface area contributed by atoms with Gasteiger partial charge in [0, 0.05) is 13.1 Å². The standard InChI is InChI=1S/C15H24N2O/c1-12(10-16)9-13-7-8-17(11-13)14-5-3-4-6-15(14)18-2/h3-6,12-13H,7-11,16H2,1-2H3. The first-order valence-corrected chi connectivity index (χ1v) is 6.82. The van der Waals surface area contributed by atoms with Gasteiger partial charge in [0.2, 0.25) is 0 Å². The van der Waals surface area contributed by atoms with Gasteiger partial charge in [-0.05, 0) is 43.4 Å². The normalized spacial score (nSPS) is 21.1. The number of ether oxygens (including phenoxy) is 1. The Morgan fingerprint density at radius 3 is 2.94 bits per heavy atom. The Balaban J connectivity index is 2.00. The largest absolute Gasteiger partial charge is 0.495 e. The second-order valence-electron chi connectivity index (χ2n) is 5.35. The van der Waals surface area contributed by atoms with Crippen molar-refractivity contribution in [3.8, 4) is 5.75 Å². The van der Waals surface area contributed by atoms with Crippen LogP contribution in [0.2, 0.25) is 0 Å². The minimum Gasteiger partial charge on any atom is -0.495 e. The molecule has 0 aliphatic carbocycles. The first kappa shape index (κ1) is 13.2. The van der Waals surface area contributed by atoms with E-state index in [2.05, 4.69) is 24.0 Å². The summed E-state index contributed by atoms with van der Waals surface area (Å²) < 4.78 is 5.43. The van der Waals surface area contributed by atoms with Crippen LogP contribution in [-0.2, 0) is 0 Å². The lowest BCUT2D eigenvalue weighted by Crippen LogP contribution is -2.22. The second kappa shape index (κ2) is 6.10. The molecule has 0 radical (unpaired) electrons. The molecule has 1 aliphatic heterocycles. The maximum Gasteiger partial charge on any atom is 0.142 e. The summed E-state index contributed by atoms with van der Waals surface area (Å²) in [6.45, 7) is 5.30. The SMILES string of the molecule is COc1ccccc1N1CCC(CC(C)CN)C1. The van der Waals surface area contributed by atoms with Gasteiger partial charge in [0.25, 0.3) is 0 Å². The Morgan fingerprint density at radius 2 is 2.22 bits per heavy atom. The van der Waals surface area contributed by atoms with Gasteiger partial charge in [-0.25, -0.2) is 0 Å². The Morgan fingerprint density at radius 1 is 1.44 bits per heavy atom. The molecule has 1 fully saturated rings. The predicted molar refractivity (Wildman–Crippen MR) is 76.1 cm³/mol. The molecule has 1 aromatic carbocycles. The number of benzene rings is 1. The molecule has 2 unspecified atom stereocenters. The van der Waals surface area contributed by atoms with Gasteiger partial charge in [0.15, 0.2) is 0 Å². The molecular formula is C15H24N2O. The number of para-hydroxylation sites is 2. The third-order valence-corrected chi connectivity index (χ3v) is 3.85. The number of hydrogen-bond acceptors (Lipinski definition) is 3. The molecule has 0 saturated carbocycles. The van der Waals surface area contributed by atoms with Gasteiger partial charge < -0.3 is 15.4 Å². The van der Waals surface area contributed by atoms with Crippen molar-refractivity contribution in [1.82, 2.24) is 0 Å². The number of hydrogen-bond donors (Lipinski definition) is 1. The zero-order chi connectivity index (χ0) is 13.0. The number of anilines is 1. The second-order valence-corrected chi connectivity index (χ2v) is 5.35. The molecule has 0 bridgehead atoms. The molecule has 1 heterocycles. The topological polar surface area (TPSA) is 38.5 Å². The highest BCUT2D eigenvalue weighted by molar-refractivity contribution is 5.58. The van der Waals surface area contributed by atoms with Crippen molar-refractivity contribution in [1.29, 1.82) is 0 Å². The van der Waals surface area contributed by atoms with E-state index >= 15 is 0 Å². The summed E-state index contributed by atoms with van der Waals surface area (Å²) in [7, 11) is 1.74. The average Bonchev–Trinajstić information content (AvgIpc) is 2.86. The van der Waals surface area contributed by atoms with Crippen LogP contribution in [0.3, 0.4) is 0 Å². The Labute approximate surface area is 110 Å². The van der Waals surface area contributed by atoms with Crippen LogP contribution in [0.5, 0.6) is 5.75 Å². The van der Waals surface area contributed by atoms with E-state index in [0.29, 0.717) is 5.92 Å². The molecule has 1 saturated heterocycles. The highest BCUT2D eigenvalue weighted by Gasteiger charge is 2.25. The fourth-order valence-electron chi connectivity index (χ4n) is 2.80. The van der Waals surface area contributed by atoms with E-state index in [4.69, 9.17) is 10.5 Å². The zero-order valence-corrected chi connectivity index (χ0v) is 11.4. The number of nitrogens with zero attached hydrogens (tertiary/aromatic N) is 1. The van der Waals surface area contributed by atoms with Crippen LogP contribution in [-0.4, -0.2) is 26.7 Å². The smallest absolute Gasteiger partial charge is 0.142 e. The van der Waals surface area contributed by atoms with E-state index in [1.165, 1.54) is 18.5 Å². The molecule has 3 nitrogen and oxygen atoms in total. The minimum atomic E-state index is 0.632. The maximum atomic E-state index is 5.71. The lowest BCUT2D eigenvalue weighted by molar-refractivity contribution is 0.412. The van der Waals surface area contributed by atoms with Crippen LogP contribution in [0.15, 0.2) is 24.3 Å². The minimum absolute atomic E-state index is 0.632. The van der Waals surface area contributed by atoms with Crippen LogP contribution < -0.4 is 15.4 Å². The predicted octanol–water partition coefficient (Wildman–Crippen LogP) is 2.51. The van der Waals surface area contributed by atoms with Crippen molar-refractivity contribution >= 4 is 5.69 Å². The lowest BCUT2D eigenvalue weighted by Gasteiger charge is -2.21. The summed E-state index contributed by atoms with van der Waals surface area (Å²) in [5.74, 6) is 2.38. The number of nitrogens with two attached hydrogens (primary N) is 1. The molecule has 2 N–H and O–H groups in total. The summed E-state index contributed by atoms with van der Waals surface area (Å²) in [6.07, 6.45) is 2.50. The molecule has 1 aliphatic rings. The highest BCUT2D eigenvalue weighted by atomic mass is 16.5. The Bertz CT molecular complexity index is 381. The molecule has 0 amide bonds. The van der Waals surface area contributed by atoms with Crippen molar-refractivity contribution < 1.29 is 4.74 Å². The monoisotopic (exact) mass is 248 g/mol. The van der Waals surface area contributed by atoms with Gasteiger partial charge in [-0.15, -0.1) is 0 Å². The lowest BCUT2D eigenvalue weighted by atomic mass is 9.95. The summed E-state index contributed by atoms with van der Waals surface area (Å²) in [4.78, 5) is 2.44. The Kier molecular flexibility index (Phi) is 4.48. The van der Waals surface area contributed by atoms with Gasteiger partial charge >= 0.3 is 0 Å². The first-order valence-electron chi connectivity index (χ1n) is 6.82. The molecule has 18 heavy (non-hydrogen) atoms. The van der Waals surface area contributed by atoms with E-state index in [1.54, 1.807) is 7.11 Å². The van der Waals surface area contributed by atoms with Gasteiger partial charge in [-0.3, -0.25) is 0 Å². The van der Waals surface area contributed by atoms with Crippen LogP contribution in [0, 0.1) is 11.8 Å². The van der Waals surface area contributed by atoms with Crippen molar-refractivity contribution in [2.75, 3.05) is 31.6 Å². The van der Waals surface area contributed by atoms with Crippen molar-refractivity contribution in [3.05, 3.63) is 24.3 Å². The zero-order valence-electron chi connectivity index (χ0n) is 11.4. The van der Waals surface area contributed by atoms with E-state index in [1.807, 2.05) is 12.1 Å².